The van der Waals surface area contributed by atoms with Crippen LogP contribution >= 0.6 is 0 Å². The van der Waals surface area contributed by atoms with E-state index in [4.69, 9.17) is 4.42 Å². The third kappa shape index (κ3) is 2.89. The molecule has 3 atom stereocenters. The maximum Gasteiger partial charge on any atom is 0.223 e. The maximum atomic E-state index is 13.5. The SMILES string of the molecule is CC(CC(=O)N1C2CC3CC1CC(C=O)(C3)C2)c1c[nH]c2cccc(-c3ccco3)c12. The van der Waals surface area contributed by atoms with Crippen LogP contribution in [0.15, 0.2) is 47.2 Å². The standard InChI is InChI=1S/C26H28N2O3/c1-16(21-14-27-22-5-2-4-20(25(21)22)23-6-3-7-31-23)8-24(30)28-18-9-17-10-19(28)13-26(11-17,12-18)15-29/h2-7,14-19,27H,8-13H2,1H3. The molecular formula is C26H28N2O3. The van der Waals surface area contributed by atoms with Crippen molar-refractivity contribution in [1.29, 1.82) is 0 Å². The van der Waals surface area contributed by atoms with Gasteiger partial charge < -0.3 is 19.1 Å². The van der Waals surface area contributed by atoms with Gasteiger partial charge in [-0.2, -0.15) is 0 Å². The van der Waals surface area contributed by atoms with E-state index in [0.717, 1.165) is 59.9 Å². The quantitative estimate of drug-likeness (QED) is 0.576. The second-order valence-electron chi connectivity index (χ2n) is 10.1. The number of carbonyl (C=O) groups is 2. The van der Waals surface area contributed by atoms with E-state index in [1.807, 2.05) is 24.4 Å². The molecule has 1 aromatic carbocycles. The molecule has 4 aliphatic rings. The summed E-state index contributed by atoms with van der Waals surface area (Å²) in [5.74, 6) is 1.80. The molecule has 1 amide bonds. The summed E-state index contributed by atoms with van der Waals surface area (Å²) in [7, 11) is 0. The molecule has 1 N–H and O–H groups in total. The van der Waals surface area contributed by atoms with Crippen molar-refractivity contribution < 1.29 is 14.0 Å². The predicted octanol–water partition coefficient (Wildman–Crippen LogP) is 5.28. The number of nitrogens with zero attached hydrogens (tertiary/aromatic N) is 1. The Balaban J connectivity index is 1.27. The zero-order chi connectivity index (χ0) is 21.2. The number of aromatic amines is 1. The highest BCUT2D eigenvalue weighted by molar-refractivity contribution is 5.97. The van der Waals surface area contributed by atoms with Crippen LogP contribution in [0.5, 0.6) is 0 Å². The Morgan fingerprint density at radius 3 is 2.74 bits per heavy atom. The molecule has 7 rings (SSSR count). The van der Waals surface area contributed by atoms with Crippen LogP contribution in [0.1, 0.15) is 56.9 Å². The average Bonchev–Trinajstić information content (AvgIpc) is 3.43. The van der Waals surface area contributed by atoms with Crippen molar-refractivity contribution in [2.24, 2.45) is 11.3 Å². The van der Waals surface area contributed by atoms with Crippen molar-refractivity contribution in [1.82, 2.24) is 9.88 Å². The van der Waals surface area contributed by atoms with E-state index in [9.17, 15) is 9.59 Å². The molecule has 0 spiro atoms. The molecule has 0 radical (unpaired) electrons. The summed E-state index contributed by atoms with van der Waals surface area (Å²) in [6, 6.07) is 10.5. The van der Waals surface area contributed by atoms with E-state index >= 15 is 0 Å². The van der Waals surface area contributed by atoms with Crippen LogP contribution in [0, 0.1) is 11.3 Å². The van der Waals surface area contributed by atoms with E-state index in [1.54, 1.807) is 6.26 Å². The smallest absolute Gasteiger partial charge is 0.223 e. The van der Waals surface area contributed by atoms with E-state index in [2.05, 4.69) is 28.9 Å². The highest BCUT2D eigenvalue weighted by atomic mass is 16.3. The number of hydrogen-bond donors (Lipinski definition) is 1. The van der Waals surface area contributed by atoms with Crippen LogP contribution in [0.2, 0.25) is 0 Å². The summed E-state index contributed by atoms with van der Waals surface area (Å²) >= 11 is 0. The fraction of sp³-hybridized carbons (Fsp3) is 0.462. The number of amides is 1. The number of H-pyrrole nitrogens is 1. The Bertz CT molecular complexity index is 1130. The van der Waals surface area contributed by atoms with Gasteiger partial charge >= 0.3 is 0 Å². The zero-order valence-corrected chi connectivity index (χ0v) is 17.8. The second kappa shape index (κ2) is 6.84. The molecular weight excluding hydrogens is 388 g/mol. The van der Waals surface area contributed by atoms with Crippen LogP contribution in [0.3, 0.4) is 0 Å². The molecule has 2 aliphatic heterocycles. The van der Waals surface area contributed by atoms with E-state index < -0.39 is 0 Å². The van der Waals surface area contributed by atoms with Gasteiger partial charge in [-0.05, 0) is 67.7 Å². The minimum absolute atomic E-state index is 0.0922. The fourth-order valence-corrected chi connectivity index (χ4v) is 6.95. The van der Waals surface area contributed by atoms with Crippen LogP contribution in [0.4, 0.5) is 0 Å². The number of piperidine rings is 2. The number of furan rings is 1. The van der Waals surface area contributed by atoms with Crippen molar-refractivity contribution in [2.75, 3.05) is 0 Å². The normalized spacial score (nSPS) is 30.1. The van der Waals surface area contributed by atoms with Gasteiger partial charge in [0.2, 0.25) is 5.91 Å². The van der Waals surface area contributed by atoms with Crippen LogP contribution < -0.4 is 0 Å². The van der Waals surface area contributed by atoms with Gasteiger partial charge in [-0.1, -0.05) is 19.1 Å². The molecule has 4 heterocycles. The Kier molecular flexibility index (Phi) is 4.17. The van der Waals surface area contributed by atoms with Crippen molar-refractivity contribution in [3.8, 4) is 11.3 Å². The number of fused-ring (bicyclic) bond motifs is 1. The van der Waals surface area contributed by atoms with Gasteiger partial charge in [0.1, 0.15) is 12.0 Å². The van der Waals surface area contributed by atoms with Crippen LogP contribution in [-0.4, -0.2) is 34.2 Å². The third-order valence-electron chi connectivity index (χ3n) is 8.05. The average molecular weight is 417 g/mol. The summed E-state index contributed by atoms with van der Waals surface area (Å²) in [6.45, 7) is 2.14. The highest BCUT2D eigenvalue weighted by Crippen LogP contribution is 2.55. The lowest BCUT2D eigenvalue weighted by Gasteiger charge is -2.60. The van der Waals surface area contributed by atoms with Gasteiger partial charge in [0, 0.05) is 46.6 Å². The lowest BCUT2D eigenvalue weighted by Crippen LogP contribution is -2.63. The highest BCUT2D eigenvalue weighted by Gasteiger charge is 2.55. The number of rotatable bonds is 5. The molecule has 2 aliphatic carbocycles. The summed E-state index contributed by atoms with van der Waals surface area (Å²) < 4.78 is 5.68. The molecule has 4 fully saturated rings. The van der Waals surface area contributed by atoms with E-state index in [0.29, 0.717) is 12.3 Å². The Labute approximate surface area is 181 Å². The topological polar surface area (TPSA) is 66.3 Å². The van der Waals surface area contributed by atoms with Gasteiger partial charge in [0.05, 0.1) is 6.26 Å². The molecule has 160 valence electrons. The summed E-state index contributed by atoms with van der Waals surface area (Å²) in [4.78, 5) is 30.8. The number of aldehydes is 1. The first-order valence-corrected chi connectivity index (χ1v) is 11.5. The number of aromatic nitrogens is 1. The Hall–Kier alpha value is -2.82. The van der Waals surface area contributed by atoms with Crippen molar-refractivity contribution in [3.05, 3.63) is 48.4 Å². The van der Waals surface area contributed by atoms with Gasteiger partial charge in [-0.15, -0.1) is 0 Å². The lowest BCUT2D eigenvalue weighted by atomic mass is 9.56. The second-order valence-corrected chi connectivity index (χ2v) is 10.1. The number of carbonyl (C=O) groups excluding carboxylic acids is 2. The zero-order valence-electron chi connectivity index (χ0n) is 17.8. The first-order chi connectivity index (χ1) is 15.1. The minimum atomic E-state index is -0.159. The number of benzene rings is 1. The van der Waals surface area contributed by atoms with Crippen molar-refractivity contribution in [3.63, 3.8) is 0 Å². The minimum Gasteiger partial charge on any atom is -0.464 e. The summed E-state index contributed by atoms with van der Waals surface area (Å²) in [6.07, 6.45) is 10.3. The lowest BCUT2D eigenvalue weighted by molar-refractivity contribution is -0.161. The Morgan fingerprint density at radius 2 is 2.03 bits per heavy atom. The van der Waals surface area contributed by atoms with Crippen molar-refractivity contribution in [2.45, 2.75) is 63.5 Å². The largest absolute Gasteiger partial charge is 0.464 e. The summed E-state index contributed by atoms with van der Waals surface area (Å²) in [5, 5.41) is 1.14. The maximum absolute atomic E-state index is 13.5. The van der Waals surface area contributed by atoms with Gasteiger partial charge in [0.15, 0.2) is 0 Å². The van der Waals surface area contributed by atoms with Crippen LogP contribution in [0.25, 0.3) is 22.2 Å². The van der Waals surface area contributed by atoms with Gasteiger partial charge in [-0.25, -0.2) is 0 Å². The first-order valence-electron chi connectivity index (χ1n) is 11.5. The van der Waals surface area contributed by atoms with Crippen LogP contribution in [-0.2, 0) is 9.59 Å². The molecule has 2 saturated heterocycles. The van der Waals surface area contributed by atoms with Gasteiger partial charge in [0.25, 0.3) is 0 Å². The van der Waals surface area contributed by atoms with E-state index in [1.165, 1.54) is 6.29 Å². The molecule has 3 aromatic rings. The third-order valence-corrected chi connectivity index (χ3v) is 8.05. The monoisotopic (exact) mass is 416 g/mol. The Morgan fingerprint density at radius 1 is 1.23 bits per heavy atom. The van der Waals surface area contributed by atoms with Gasteiger partial charge in [-0.3, -0.25) is 4.79 Å². The first kappa shape index (κ1) is 18.9. The molecule has 3 unspecified atom stereocenters. The predicted molar refractivity (Wildman–Crippen MR) is 119 cm³/mol. The molecule has 2 saturated carbocycles. The molecule has 31 heavy (non-hydrogen) atoms. The number of nitrogens with one attached hydrogen (secondary N) is 1. The number of hydrogen-bond acceptors (Lipinski definition) is 3. The molecule has 5 nitrogen and oxygen atoms in total. The fourth-order valence-electron chi connectivity index (χ4n) is 6.95. The molecule has 2 aromatic heterocycles. The van der Waals surface area contributed by atoms with Crippen molar-refractivity contribution >= 4 is 23.1 Å². The van der Waals surface area contributed by atoms with E-state index in [-0.39, 0.29) is 29.3 Å². The summed E-state index contributed by atoms with van der Waals surface area (Å²) in [5.41, 5.74) is 3.12. The molecule has 4 bridgehead atoms. The molecule has 5 heteroatoms.